The third-order valence-electron chi connectivity index (χ3n) is 2.13. The lowest BCUT2D eigenvalue weighted by molar-refractivity contribution is -0.111. The molecule has 0 atom stereocenters. The highest BCUT2D eigenvalue weighted by molar-refractivity contribution is 7.71. The molecule has 2 N–H and O–H groups in total. The summed E-state index contributed by atoms with van der Waals surface area (Å²) >= 11 is 5.06. The summed E-state index contributed by atoms with van der Waals surface area (Å²) in [6, 6.07) is 7.28. The summed E-state index contributed by atoms with van der Waals surface area (Å²) in [6.07, 6.45) is 2.80. The maximum absolute atomic E-state index is 11.2. The van der Waals surface area contributed by atoms with Gasteiger partial charge in [0.15, 0.2) is 4.77 Å². The molecular formula is C11H10N4OS. The van der Waals surface area contributed by atoms with E-state index in [1.165, 1.54) is 6.08 Å². The van der Waals surface area contributed by atoms with E-state index in [-0.39, 0.29) is 5.91 Å². The second-order valence-corrected chi connectivity index (χ2v) is 3.66. The van der Waals surface area contributed by atoms with Crippen LogP contribution >= 0.6 is 12.2 Å². The minimum Gasteiger partial charge on any atom is -0.322 e. The Morgan fingerprint density at radius 3 is 3.06 bits per heavy atom. The lowest BCUT2D eigenvalue weighted by Gasteiger charge is -2.05. The maximum atomic E-state index is 11.2. The molecule has 1 aromatic heterocycles. The zero-order valence-corrected chi connectivity index (χ0v) is 9.70. The van der Waals surface area contributed by atoms with Crippen LogP contribution in [0.25, 0.3) is 5.69 Å². The number of rotatable bonds is 3. The van der Waals surface area contributed by atoms with E-state index in [0.29, 0.717) is 10.5 Å². The van der Waals surface area contributed by atoms with Crippen molar-refractivity contribution in [3.63, 3.8) is 0 Å². The van der Waals surface area contributed by atoms with E-state index in [2.05, 4.69) is 22.1 Å². The Balaban J connectivity index is 2.35. The first-order valence-electron chi connectivity index (χ1n) is 4.86. The van der Waals surface area contributed by atoms with Gasteiger partial charge in [-0.3, -0.25) is 14.5 Å². The highest BCUT2D eigenvalue weighted by atomic mass is 32.1. The van der Waals surface area contributed by atoms with Crippen molar-refractivity contribution in [3.05, 3.63) is 48.0 Å². The fourth-order valence-electron chi connectivity index (χ4n) is 1.36. The van der Waals surface area contributed by atoms with Crippen LogP contribution in [-0.2, 0) is 4.79 Å². The number of H-pyrrole nitrogens is 1. The molecule has 0 saturated carbocycles. The number of nitrogens with one attached hydrogen (secondary N) is 2. The average molecular weight is 246 g/mol. The average Bonchev–Trinajstić information content (AvgIpc) is 2.75. The number of amides is 1. The number of carbonyl (C=O) groups excluding carboxylic acids is 1. The van der Waals surface area contributed by atoms with Gasteiger partial charge in [-0.15, -0.1) is 0 Å². The number of aromatic nitrogens is 3. The van der Waals surface area contributed by atoms with Crippen LogP contribution in [0.4, 0.5) is 5.69 Å². The lowest BCUT2D eigenvalue weighted by atomic mass is 10.2. The molecule has 0 spiro atoms. The summed E-state index contributed by atoms with van der Waals surface area (Å²) in [5, 5.41) is 9.18. The first-order chi connectivity index (χ1) is 8.20. The van der Waals surface area contributed by atoms with Gasteiger partial charge in [0.05, 0.1) is 5.69 Å². The van der Waals surface area contributed by atoms with Crippen LogP contribution in [0.2, 0.25) is 0 Å². The topological polar surface area (TPSA) is 62.7 Å². The van der Waals surface area contributed by atoms with Crippen molar-refractivity contribution in [2.75, 3.05) is 5.32 Å². The molecule has 0 saturated heterocycles. The molecule has 5 nitrogen and oxygen atoms in total. The fraction of sp³-hybridized carbons (Fsp3) is 0. The van der Waals surface area contributed by atoms with Gasteiger partial charge in [-0.1, -0.05) is 12.6 Å². The second-order valence-electron chi connectivity index (χ2n) is 3.28. The molecule has 86 valence electrons. The van der Waals surface area contributed by atoms with Gasteiger partial charge in [0.2, 0.25) is 5.91 Å². The van der Waals surface area contributed by atoms with E-state index in [4.69, 9.17) is 12.2 Å². The molecule has 2 rings (SSSR count). The number of hydrogen-bond donors (Lipinski definition) is 2. The summed E-state index contributed by atoms with van der Waals surface area (Å²) in [5.41, 5.74) is 1.50. The van der Waals surface area contributed by atoms with Crippen LogP contribution < -0.4 is 5.32 Å². The maximum Gasteiger partial charge on any atom is 0.247 e. The molecule has 0 aliphatic carbocycles. The Morgan fingerprint density at radius 2 is 2.41 bits per heavy atom. The Morgan fingerprint density at radius 1 is 1.59 bits per heavy atom. The smallest absolute Gasteiger partial charge is 0.247 e. The summed E-state index contributed by atoms with van der Waals surface area (Å²) in [4.78, 5) is 11.2. The first-order valence-corrected chi connectivity index (χ1v) is 5.27. The van der Waals surface area contributed by atoms with Crippen molar-refractivity contribution in [3.8, 4) is 5.69 Å². The van der Waals surface area contributed by atoms with E-state index < -0.39 is 0 Å². The molecule has 6 heteroatoms. The van der Waals surface area contributed by atoms with Crippen molar-refractivity contribution in [2.45, 2.75) is 0 Å². The van der Waals surface area contributed by atoms with Gasteiger partial charge in [0.25, 0.3) is 0 Å². The highest BCUT2D eigenvalue weighted by Gasteiger charge is 2.01. The minimum absolute atomic E-state index is 0.252. The Kier molecular flexibility index (Phi) is 3.15. The van der Waals surface area contributed by atoms with Gasteiger partial charge in [-0.05, 0) is 36.5 Å². The fourth-order valence-corrected chi connectivity index (χ4v) is 1.56. The van der Waals surface area contributed by atoms with Crippen LogP contribution in [0.1, 0.15) is 0 Å². The van der Waals surface area contributed by atoms with Gasteiger partial charge in [-0.2, -0.15) is 5.10 Å². The predicted octanol–water partition coefficient (Wildman–Crippen LogP) is 2.05. The van der Waals surface area contributed by atoms with Crippen LogP contribution in [0.3, 0.4) is 0 Å². The van der Waals surface area contributed by atoms with Crippen LogP contribution in [0.5, 0.6) is 0 Å². The zero-order chi connectivity index (χ0) is 12.3. The molecule has 17 heavy (non-hydrogen) atoms. The molecule has 1 amide bonds. The molecule has 1 heterocycles. The van der Waals surface area contributed by atoms with Crippen LogP contribution in [0.15, 0.2) is 43.2 Å². The van der Waals surface area contributed by atoms with Gasteiger partial charge in [0, 0.05) is 5.69 Å². The predicted molar refractivity (Wildman–Crippen MR) is 67.6 cm³/mol. The quantitative estimate of drug-likeness (QED) is 0.643. The van der Waals surface area contributed by atoms with Crippen molar-refractivity contribution in [1.29, 1.82) is 0 Å². The standard InChI is InChI=1S/C11H10N4OS/c1-2-10(16)13-8-4-3-5-9(6-8)15-7-12-14-11(15)17/h2-7H,1H2,(H,13,16)(H,14,17). The van der Waals surface area contributed by atoms with E-state index in [9.17, 15) is 4.79 Å². The van der Waals surface area contributed by atoms with Gasteiger partial charge >= 0.3 is 0 Å². The van der Waals surface area contributed by atoms with Crippen molar-refractivity contribution in [1.82, 2.24) is 14.8 Å². The Labute approximate surface area is 103 Å². The summed E-state index contributed by atoms with van der Waals surface area (Å²) in [5.74, 6) is -0.252. The number of benzene rings is 1. The Bertz CT molecular complexity index is 614. The summed E-state index contributed by atoms with van der Waals surface area (Å²) in [6.45, 7) is 3.39. The summed E-state index contributed by atoms with van der Waals surface area (Å²) < 4.78 is 2.20. The van der Waals surface area contributed by atoms with Crippen molar-refractivity contribution in [2.24, 2.45) is 0 Å². The highest BCUT2D eigenvalue weighted by Crippen LogP contribution is 2.14. The Hall–Kier alpha value is -2.21. The number of hydrogen-bond acceptors (Lipinski definition) is 3. The molecule has 0 radical (unpaired) electrons. The zero-order valence-electron chi connectivity index (χ0n) is 8.88. The third kappa shape index (κ3) is 2.48. The molecule has 0 unspecified atom stereocenters. The molecular weight excluding hydrogens is 236 g/mol. The molecule has 0 fully saturated rings. The lowest BCUT2D eigenvalue weighted by Crippen LogP contribution is -2.07. The molecule has 0 aliphatic rings. The van der Waals surface area contributed by atoms with E-state index >= 15 is 0 Å². The van der Waals surface area contributed by atoms with Crippen molar-refractivity contribution < 1.29 is 4.79 Å². The van der Waals surface area contributed by atoms with Crippen molar-refractivity contribution >= 4 is 23.8 Å². The number of nitrogens with zero attached hydrogens (tertiary/aromatic N) is 2. The minimum atomic E-state index is -0.252. The monoisotopic (exact) mass is 246 g/mol. The second kappa shape index (κ2) is 4.75. The van der Waals surface area contributed by atoms with E-state index in [0.717, 1.165) is 5.69 Å². The van der Waals surface area contributed by atoms with E-state index in [1.807, 2.05) is 12.1 Å². The van der Waals surface area contributed by atoms with Crippen LogP contribution in [-0.4, -0.2) is 20.7 Å². The van der Waals surface area contributed by atoms with E-state index in [1.54, 1.807) is 23.0 Å². The first kappa shape index (κ1) is 11.3. The molecule has 0 bridgehead atoms. The normalized spacial score (nSPS) is 9.88. The molecule has 1 aromatic carbocycles. The number of aromatic amines is 1. The summed E-state index contributed by atoms with van der Waals surface area (Å²) in [7, 11) is 0. The largest absolute Gasteiger partial charge is 0.322 e. The molecule has 2 aromatic rings. The third-order valence-corrected chi connectivity index (χ3v) is 2.42. The SMILES string of the molecule is C=CC(=O)Nc1cccc(-n2cn[nH]c2=S)c1. The number of carbonyl (C=O) groups is 1. The van der Waals surface area contributed by atoms with Gasteiger partial charge in [-0.25, -0.2) is 0 Å². The van der Waals surface area contributed by atoms with Gasteiger partial charge < -0.3 is 5.32 Å². The van der Waals surface area contributed by atoms with Crippen LogP contribution in [0, 0.1) is 4.77 Å². The molecule has 0 aliphatic heterocycles. The number of anilines is 1. The van der Waals surface area contributed by atoms with Gasteiger partial charge in [0.1, 0.15) is 6.33 Å².